The number of aliphatic hydroxyl groups is 1. The van der Waals surface area contributed by atoms with Crippen molar-refractivity contribution in [3.05, 3.63) is 0 Å². The summed E-state index contributed by atoms with van der Waals surface area (Å²) in [6.45, 7) is 5.91. The zero-order valence-corrected chi connectivity index (χ0v) is 8.04. The summed E-state index contributed by atoms with van der Waals surface area (Å²) >= 11 is 0. The van der Waals surface area contributed by atoms with Gasteiger partial charge in [0.05, 0.1) is 12.7 Å². The van der Waals surface area contributed by atoms with Crippen LogP contribution in [0.5, 0.6) is 0 Å². The van der Waals surface area contributed by atoms with Crippen molar-refractivity contribution < 1.29 is 14.6 Å². The fraction of sp³-hybridized carbons (Fsp3) is 1.00. The molecule has 12 heavy (non-hydrogen) atoms. The van der Waals surface area contributed by atoms with Crippen molar-refractivity contribution in [1.82, 2.24) is 0 Å². The molecule has 1 aliphatic heterocycles. The van der Waals surface area contributed by atoms with E-state index in [9.17, 15) is 0 Å². The molecule has 1 fully saturated rings. The number of rotatable bonds is 3. The molecule has 0 bridgehead atoms. The summed E-state index contributed by atoms with van der Waals surface area (Å²) in [5.41, 5.74) is 0. The monoisotopic (exact) mass is 174 g/mol. The third-order valence-corrected chi connectivity index (χ3v) is 2.04. The van der Waals surface area contributed by atoms with Crippen LogP contribution >= 0.6 is 0 Å². The highest BCUT2D eigenvalue weighted by Gasteiger charge is 2.39. The normalized spacial score (nSPS) is 34.0. The molecule has 1 heterocycles. The standard InChI is InChI=1S/C9H18O3/c1-4-5-7-8(6-10)12-9(2,3)11-7/h7-8,10H,4-6H2,1-3H3/t7-,8-/m1/s1. The molecule has 0 amide bonds. The van der Waals surface area contributed by atoms with E-state index >= 15 is 0 Å². The van der Waals surface area contributed by atoms with Gasteiger partial charge in [0.25, 0.3) is 0 Å². The van der Waals surface area contributed by atoms with Crippen molar-refractivity contribution in [2.45, 2.75) is 51.6 Å². The highest BCUT2D eigenvalue weighted by molar-refractivity contribution is 4.80. The molecular formula is C9H18O3. The first kappa shape index (κ1) is 9.96. The lowest BCUT2D eigenvalue weighted by molar-refractivity contribution is -0.149. The first-order valence-corrected chi connectivity index (χ1v) is 4.55. The molecule has 0 aromatic rings. The van der Waals surface area contributed by atoms with Gasteiger partial charge in [-0.3, -0.25) is 0 Å². The van der Waals surface area contributed by atoms with Crippen LogP contribution in [0.1, 0.15) is 33.6 Å². The van der Waals surface area contributed by atoms with E-state index in [-0.39, 0.29) is 18.8 Å². The van der Waals surface area contributed by atoms with Gasteiger partial charge in [0.15, 0.2) is 5.79 Å². The van der Waals surface area contributed by atoms with Crippen LogP contribution in [0.25, 0.3) is 0 Å². The number of hydrogen-bond acceptors (Lipinski definition) is 3. The van der Waals surface area contributed by atoms with Gasteiger partial charge in [-0.15, -0.1) is 0 Å². The maximum atomic E-state index is 8.99. The van der Waals surface area contributed by atoms with Gasteiger partial charge in [-0.2, -0.15) is 0 Å². The first-order chi connectivity index (χ1) is 5.59. The molecule has 0 unspecified atom stereocenters. The third kappa shape index (κ3) is 2.19. The van der Waals surface area contributed by atoms with E-state index in [1.807, 2.05) is 13.8 Å². The molecule has 3 heteroatoms. The van der Waals surface area contributed by atoms with Gasteiger partial charge in [0.1, 0.15) is 6.10 Å². The highest BCUT2D eigenvalue weighted by atomic mass is 16.8. The van der Waals surface area contributed by atoms with Crippen molar-refractivity contribution in [1.29, 1.82) is 0 Å². The zero-order valence-electron chi connectivity index (χ0n) is 8.04. The van der Waals surface area contributed by atoms with Crippen LogP contribution < -0.4 is 0 Å². The molecule has 1 rings (SSSR count). The molecule has 0 radical (unpaired) electrons. The Hall–Kier alpha value is -0.120. The molecule has 0 aromatic heterocycles. The van der Waals surface area contributed by atoms with E-state index in [1.54, 1.807) is 0 Å². The average molecular weight is 174 g/mol. The molecule has 0 aliphatic carbocycles. The molecule has 1 aliphatic rings. The summed E-state index contributed by atoms with van der Waals surface area (Å²) in [6.07, 6.45) is 1.94. The molecular weight excluding hydrogens is 156 g/mol. The molecule has 2 atom stereocenters. The van der Waals surface area contributed by atoms with Crippen molar-refractivity contribution in [3.63, 3.8) is 0 Å². The Bertz CT molecular complexity index is 145. The van der Waals surface area contributed by atoms with E-state index in [0.717, 1.165) is 12.8 Å². The molecule has 0 saturated carbocycles. The SMILES string of the molecule is CCC[C@H]1OC(C)(C)O[C@@H]1CO. The summed E-state index contributed by atoms with van der Waals surface area (Å²) in [6, 6.07) is 0. The van der Waals surface area contributed by atoms with Crippen LogP contribution in [0.4, 0.5) is 0 Å². The Balaban J connectivity index is 2.50. The zero-order chi connectivity index (χ0) is 9.19. The maximum absolute atomic E-state index is 8.99. The van der Waals surface area contributed by atoms with Crippen LogP contribution in [-0.2, 0) is 9.47 Å². The molecule has 72 valence electrons. The summed E-state index contributed by atoms with van der Waals surface area (Å²) in [4.78, 5) is 0. The number of aliphatic hydroxyl groups excluding tert-OH is 1. The second-order valence-electron chi connectivity index (χ2n) is 3.68. The summed E-state index contributed by atoms with van der Waals surface area (Å²) in [7, 11) is 0. The minimum Gasteiger partial charge on any atom is -0.394 e. The second-order valence-corrected chi connectivity index (χ2v) is 3.68. The minimum absolute atomic E-state index is 0.0497. The average Bonchev–Trinajstić information content (AvgIpc) is 2.26. The van der Waals surface area contributed by atoms with E-state index in [1.165, 1.54) is 0 Å². The molecule has 1 N–H and O–H groups in total. The smallest absolute Gasteiger partial charge is 0.163 e. The summed E-state index contributed by atoms with van der Waals surface area (Å²) < 4.78 is 11.1. The predicted molar refractivity (Wildman–Crippen MR) is 45.8 cm³/mol. The van der Waals surface area contributed by atoms with Crippen LogP contribution in [-0.4, -0.2) is 29.7 Å². The fourth-order valence-corrected chi connectivity index (χ4v) is 1.59. The Kier molecular flexibility index (Phi) is 3.09. The lowest BCUT2D eigenvalue weighted by Gasteiger charge is -2.16. The molecule has 1 saturated heterocycles. The van der Waals surface area contributed by atoms with Gasteiger partial charge in [0.2, 0.25) is 0 Å². The van der Waals surface area contributed by atoms with E-state index in [4.69, 9.17) is 14.6 Å². The van der Waals surface area contributed by atoms with Crippen molar-refractivity contribution in [2.24, 2.45) is 0 Å². The maximum Gasteiger partial charge on any atom is 0.163 e. The van der Waals surface area contributed by atoms with Crippen molar-refractivity contribution >= 4 is 0 Å². The lowest BCUT2D eigenvalue weighted by Crippen LogP contribution is -2.25. The first-order valence-electron chi connectivity index (χ1n) is 4.55. The lowest BCUT2D eigenvalue weighted by atomic mass is 10.1. The Morgan fingerprint density at radius 3 is 2.33 bits per heavy atom. The predicted octanol–water partition coefficient (Wildman–Crippen LogP) is 1.30. The molecule has 3 nitrogen and oxygen atoms in total. The van der Waals surface area contributed by atoms with E-state index in [2.05, 4.69) is 6.92 Å². The van der Waals surface area contributed by atoms with E-state index < -0.39 is 5.79 Å². The van der Waals surface area contributed by atoms with Crippen molar-refractivity contribution in [2.75, 3.05) is 6.61 Å². The summed E-state index contributed by atoms with van der Waals surface area (Å²) in [5.74, 6) is -0.521. The van der Waals surface area contributed by atoms with Gasteiger partial charge in [-0.25, -0.2) is 0 Å². The van der Waals surface area contributed by atoms with E-state index in [0.29, 0.717) is 0 Å². The Labute approximate surface area is 73.7 Å². The topological polar surface area (TPSA) is 38.7 Å². The number of ether oxygens (including phenoxy) is 2. The Morgan fingerprint density at radius 1 is 1.25 bits per heavy atom. The minimum atomic E-state index is -0.521. The fourth-order valence-electron chi connectivity index (χ4n) is 1.59. The van der Waals surface area contributed by atoms with Gasteiger partial charge >= 0.3 is 0 Å². The highest BCUT2D eigenvalue weighted by Crippen LogP contribution is 2.29. The van der Waals surface area contributed by atoms with Crippen LogP contribution in [0.2, 0.25) is 0 Å². The van der Waals surface area contributed by atoms with Crippen LogP contribution in [0, 0.1) is 0 Å². The van der Waals surface area contributed by atoms with Gasteiger partial charge < -0.3 is 14.6 Å². The van der Waals surface area contributed by atoms with Gasteiger partial charge in [0, 0.05) is 0 Å². The third-order valence-electron chi connectivity index (χ3n) is 2.04. The van der Waals surface area contributed by atoms with Crippen molar-refractivity contribution in [3.8, 4) is 0 Å². The largest absolute Gasteiger partial charge is 0.394 e. The second kappa shape index (κ2) is 3.73. The quantitative estimate of drug-likeness (QED) is 0.701. The van der Waals surface area contributed by atoms with Gasteiger partial charge in [-0.1, -0.05) is 13.3 Å². The van der Waals surface area contributed by atoms with Crippen LogP contribution in [0.3, 0.4) is 0 Å². The molecule has 0 spiro atoms. The number of hydrogen-bond donors (Lipinski definition) is 1. The van der Waals surface area contributed by atoms with Crippen LogP contribution in [0.15, 0.2) is 0 Å². The Morgan fingerprint density at radius 2 is 1.83 bits per heavy atom. The molecule has 0 aromatic carbocycles. The summed E-state index contributed by atoms with van der Waals surface area (Å²) in [5, 5.41) is 8.99. The van der Waals surface area contributed by atoms with Gasteiger partial charge in [-0.05, 0) is 20.3 Å².